The Labute approximate surface area is 140 Å². The van der Waals surface area contributed by atoms with Crippen LogP contribution in [0.4, 0.5) is 5.69 Å². The molecule has 126 valence electrons. The zero-order valence-corrected chi connectivity index (χ0v) is 13.8. The molecule has 0 heterocycles. The van der Waals surface area contributed by atoms with Gasteiger partial charge in [-0.05, 0) is 43.7 Å². The van der Waals surface area contributed by atoms with Crippen LogP contribution in [0, 0.1) is 6.92 Å². The lowest BCUT2D eigenvalue weighted by Gasteiger charge is -2.17. The van der Waals surface area contributed by atoms with Crippen molar-refractivity contribution in [2.24, 2.45) is 5.73 Å². The van der Waals surface area contributed by atoms with E-state index in [9.17, 15) is 9.59 Å². The van der Waals surface area contributed by atoms with Gasteiger partial charge in [-0.3, -0.25) is 9.59 Å². The number of para-hydroxylation sites is 1. The van der Waals surface area contributed by atoms with Crippen molar-refractivity contribution >= 4 is 17.5 Å². The van der Waals surface area contributed by atoms with Crippen molar-refractivity contribution in [1.82, 2.24) is 0 Å². The number of anilines is 1. The van der Waals surface area contributed by atoms with E-state index in [-0.39, 0.29) is 17.2 Å². The summed E-state index contributed by atoms with van der Waals surface area (Å²) in [5.74, 6) is -0.153. The molecule has 3 N–H and O–H groups in total. The van der Waals surface area contributed by atoms with Gasteiger partial charge in [0.1, 0.15) is 11.5 Å². The van der Waals surface area contributed by atoms with Gasteiger partial charge in [-0.15, -0.1) is 0 Å². The number of rotatable bonds is 6. The number of nitrogens with one attached hydrogen (secondary N) is 1. The maximum Gasteiger partial charge on any atom is 0.265 e. The summed E-state index contributed by atoms with van der Waals surface area (Å²) in [5, 5.41) is 2.77. The van der Waals surface area contributed by atoms with Crippen LogP contribution in [0.3, 0.4) is 0 Å². The molecule has 2 aromatic rings. The molecule has 2 aromatic carbocycles. The van der Waals surface area contributed by atoms with E-state index in [1.165, 1.54) is 7.11 Å². The number of carbonyl (C=O) groups is 2. The van der Waals surface area contributed by atoms with Crippen molar-refractivity contribution in [2.45, 2.75) is 20.0 Å². The van der Waals surface area contributed by atoms with Gasteiger partial charge in [0.2, 0.25) is 0 Å². The molecule has 6 nitrogen and oxygen atoms in total. The third kappa shape index (κ3) is 4.04. The van der Waals surface area contributed by atoms with Crippen LogP contribution < -0.4 is 20.5 Å². The van der Waals surface area contributed by atoms with Crippen molar-refractivity contribution in [3.05, 3.63) is 53.6 Å². The fourth-order valence-electron chi connectivity index (χ4n) is 2.17. The summed E-state index contributed by atoms with van der Waals surface area (Å²) in [6.07, 6.45) is -0.823. The Hall–Kier alpha value is -3.02. The van der Waals surface area contributed by atoms with Crippen molar-refractivity contribution in [3.8, 4) is 11.5 Å². The first-order valence-corrected chi connectivity index (χ1v) is 7.43. The van der Waals surface area contributed by atoms with E-state index in [1.807, 2.05) is 13.0 Å². The molecule has 0 aliphatic heterocycles. The molecule has 2 amide bonds. The molecule has 6 heteroatoms. The Bertz CT molecular complexity index is 758. The number of aryl methyl sites for hydroxylation is 1. The van der Waals surface area contributed by atoms with Crippen LogP contribution >= 0.6 is 0 Å². The summed E-state index contributed by atoms with van der Waals surface area (Å²) in [4.78, 5) is 23.8. The summed E-state index contributed by atoms with van der Waals surface area (Å²) in [6, 6.07) is 12.0. The summed E-state index contributed by atoms with van der Waals surface area (Å²) >= 11 is 0. The molecular formula is C18H20N2O4. The number of ether oxygens (including phenoxy) is 2. The second-order valence-electron chi connectivity index (χ2n) is 5.31. The lowest BCUT2D eigenvalue weighted by Crippen LogP contribution is -2.31. The first-order chi connectivity index (χ1) is 11.4. The highest BCUT2D eigenvalue weighted by atomic mass is 16.5. The minimum atomic E-state index is -0.823. The van der Waals surface area contributed by atoms with Gasteiger partial charge < -0.3 is 20.5 Å². The molecule has 1 atom stereocenters. The van der Waals surface area contributed by atoms with Crippen molar-refractivity contribution < 1.29 is 19.1 Å². The third-order valence-electron chi connectivity index (χ3n) is 3.44. The van der Waals surface area contributed by atoms with Crippen LogP contribution in [0.15, 0.2) is 42.5 Å². The molecule has 1 unspecified atom stereocenters. The SMILES string of the molecule is COc1ccc(C)cc1NC(=O)C(C)Oc1ccccc1C(N)=O. The van der Waals surface area contributed by atoms with Gasteiger partial charge in [-0.2, -0.15) is 0 Å². The van der Waals surface area contributed by atoms with Gasteiger partial charge in [0, 0.05) is 0 Å². The molecule has 0 aliphatic rings. The Morgan fingerprint density at radius 2 is 1.83 bits per heavy atom. The Morgan fingerprint density at radius 3 is 2.50 bits per heavy atom. The van der Waals surface area contributed by atoms with E-state index in [0.29, 0.717) is 11.4 Å². The molecule has 0 fully saturated rings. The van der Waals surface area contributed by atoms with Crippen molar-refractivity contribution in [1.29, 1.82) is 0 Å². The van der Waals surface area contributed by atoms with E-state index in [2.05, 4.69) is 5.32 Å². The molecule has 0 aliphatic carbocycles. The predicted octanol–water partition coefficient (Wildman–Crippen LogP) is 2.51. The van der Waals surface area contributed by atoms with Gasteiger partial charge in [0.05, 0.1) is 18.4 Å². The molecular weight excluding hydrogens is 308 g/mol. The Morgan fingerprint density at radius 1 is 1.12 bits per heavy atom. The normalized spacial score (nSPS) is 11.5. The number of primary amides is 1. The maximum absolute atomic E-state index is 12.4. The third-order valence-corrected chi connectivity index (χ3v) is 3.44. The summed E-state index contributed by atoms with van der Waals surface area (Å²) in [7, 11) is 1.53. The largest absolute Gasteiger partial charge is 0.495 e. The van der Waals surface area contributed by atoms with Crippen LogP contribution in [0.25, 0.3) is 0 Å². The molecule has 0 aromatic heterocycles. The smallest absolute Gasteiger partial charge is 0.265 e. The number of amides is 2. The van der Waals surface area contributed by atoms with Gasteiger partial charge in [0.25, 0.3) is 11.8 Å². The second-order valence-corrected chi connectivity index (χ2v) is 5.31. The summed E-state index contributed by atoms with van der Waals surface area (Å²) in [5.41, 5.74) is 7.08. The van der Waals surface area contributed by atoms with E-state index < -0.39 is 12.0 Å². The Balaban J connectivity index is 2.14. The topological polar surface area (TPSA) is 90.7 Å². The van der Waals surface area contributed by atoms with E-state index >= 15 is 0 Å². The quantitative estimate of drug-likeness (QED) is 0.852. The number of hydrogen-bond donors (Lipinski definition) is 2. The standard InChI is InChI=1S/C18H20N2O4/c1-11-8-9-16(23-3)14(10-11)20-18(22)12(2)24-15-7-5-4-6-13(15)17(19)21/h4-10,12H,1-3H3,(H2,19,21)(H,20,22). The van der Waals surface area contributed by atoms with E-state index in [1.54, 1.807) is 43.3 Å². The molecule has 0 radical (unpaired) electrons. The maximum atomic E-state index is 12.4. The number of benzene rings is 2. The molecule has 0 bridgehead atoms. The van der Waals surface area contributed by atoms with Crippen LogP contribution in [0.5, 0.6) is 11.5 Å². The minimum Gasteiger partial charge on any atom is -0.495 e. The fourth-order valence-corrected chi connectivity index (χ4v) is 2.17. The molecule has 0 spiro atoms. The summed E-state index contributed by atoms with van der Waals surface area (Å²) in [6.45, 7) is 3.51. The van der Waals surface area contributed by atoms with E-state index in [0.717, 1.165) is 5.56 Å². The van der Waals surface area contributed by atoms with Gasteiger partial charge in [0.15, 0.2) is 6.10 Å². The highest BCUT2D eigenvalue weighted by Crippen LogP contribution is 2.26. The first kappa shape index (κ1) is 17.3. The number of carbonyl (C=O) groups excluding carboxylic acids is 2. The molecule has 0 saturated carbocycles. The van der Waals surface area contributed by atoms with Crippen LogP contribution in [-0.2, 0) is 4.79 Å². The highest BCUT2D eigenvalue weighted by molar-refractivity contribution is 5.97. The second kappa shape index (κ2) is 7.50. The van der Waals surface area contributed by atoms with Gasteiger partial charge in [-0.25, -0.2) is 0 Å². The van der Waals surface area contributed by atoms with Gasteiger partial charge in [-0.1, -0.05) is 18.2 Å². The molecule has 0 saturated heterocycles. The van der Waals surface area contributed by atoms with Crippen molar-refractivity contribution in [3.63, 3.8) is 0 Å². The number of nitrogens with two attached hydrogens (primary N) is 1. The monoisotopic (exact) mass is 328 g/mol. The first-order valence-electron chi connectivity index (χ1n) is 7.43. The zero-order valence-electron chi connectivity index (χ0n) is 13.8. The number of methoxy groups -OCH3 is 1. The van der Waals surface area contributed by atoms with Crippen LogP contribution in [0.2, 0.25) is 0 Å². The van der Waals surface area contributed by atoms with E-state index in [4.69, 9.17) is 15.2 Å². The minimum absolute atomic E-state index is 0.227. The Kier molecular flexibility index (Phi) is 5.42. The van der Waals surface area contributed by atoms with Crippen molar-refractivity contribution in [2.75, 3.05) is 12.4 Å². The predicted molar refractivity (Wildman–Crippen MR) is 91.4 cm³/mol. The fraction of sp³-hybridized carbons (Fsp3) is 0.222. The van der Waals surface area contributed by atoms with Crippen LogP contribution in [-0.4, -0.2) is 25.0 Å². The van der Waals surface area contributed by atoms with Crippen LogP contribution in [0.1, 0.15) is 22.8 Å². The van der Waals surface area contributed by atoms with Gasteiger partial charge >= 0.3 is 0 Å². The highest BCUT2D eigenvalue weighted by Gasteiger charge is 2.19. The average molecular weight is 328 g/mol. The number of hydrogen-bond acceptors (Lipinski definition) is 4. The lowest BCUT2D eigenvalue weighted by atomic mass is 10.2. The zero-order chi connectivity index (χ0) is 17.7. The lowest BCUT2D eigenvalue weighted by molar-refractivity contribution is -0.122. The average Bonchev–Trinajstić information content (AvgIpc) is 2.55. The summed E-state index contributed by atoms with van der Waals surface area (Å²) < 4.78 is 10.8. The molecule has 24 heavy (non-hydrogen) atoms. The molecule has 2 rings (SSSR count).